The number of nitrogens with zero attached hydrogens (tertiary/aromatic N) is 4. The second-order valence-corrected chi connectivity index (χ2v) is 15.3. The summed E-state index contributed by atoms with van der Waals surface area (Å²) in [4.78, 5) is 20.6. The molecule has 1 aliphatic carbocycles. The molecule has 270 valence electrons. The first-order valence-corrected chi connectivity index (χ1v) is 19.5. The van der Waals surface area contributed by atoms with E-state index in [9.17, 15) is 0 Å². The lowest BCUT2D eigenvalue weighted by Gasteiger charge is -2.39. The summed E-state index contributed by atoms with van der Waals surface area (Å²) >= 11 is 0. The first-order valence-electron chi connectivity index (χ1n) is 19.5. The molecule has 0 unspecified atom stereocenters. The van der Waals surface area contributed by atoms with Crippen LogP contribution in [0, 0.1) is 0 Å². The van der Waals surface area contributed by atoms with Crippen LogP contribution in [0.5, 0.6) is 11.5 Å². The fourth-order valence-electron chi connectivity index (χ4n) is 8.69. The van der Waals surface area contributed by atoms with Gasteiger partial charge in [0.05, 0.1) is 16.7 Å². The molecule has 3 heterocycles. The molecular formula is C51H40N4O. The van der Waals surface area contributed by atoms with Crippen molar-refractivity contribution < 1.29 is 4.74 Å². The molecule has 5 heteroatoms. The average molecular weight is 725 g/mol. The molecule has 0 saturated carbocycles. The van der Waals surface area contributed by atoms with Gasteiger partial charge in [-0.05, 0) is 57.9 Å². The van der Waals surface area contributed by atoms with E-state index in [-0.39, 0.29) is 0 Å². The van der Waals surface area contributed by atoms with Crippen molar-refractivity contribution in [1.82, 2.24) is 19.9 Å². The molecule has 56 heavy (non-hydrogen) atoms. The van der Waals surface area contributed by atoms with Crippen LogP contribution in [0.15, 0.2) is 158 Å². The van der Waals surface area contributed by atoms with E-state index < -0.39 is 5.41 Å². The Morgan fingerprint density at radius 1 is 0.393 bits per heavy atom. The second kappa shape index (κ2) is 13.2. The van der Waals surface area contributed by atoms with E-state index in [2.05, 4.69) is 149 Å². The molecule has 0 fully saturated rings. The summed E-state index contributed by atoms with van der Waals surface area (Å²) in [5.41, 5.74) is 13.7. The number of aromatic nitrogens is 4. The summed E-state index contributed by atoms with van der Waals surface area (Å²) in [5.74, 6) is 3.99. The third-order valence-electron chi connectivity index (χ3n) is 11.3. The fourth-order valence-corrected chi connectivity index (χ4v) is 8.69. The summed E-state index contributed by atoms with van der Waals surface area (Å²) < 4.78 is 6.98. The van der Waals surface area contributed by atoms with Gasteiger partial charge in [0.15, 0.2) is 17.5 Å². The summed E-state index contributed by atoms with van der Waals surface area (Å²) in [6.07, 6.45) is 0. The number of rotatable bonds is 6. The molecule has 5 nitrogen and oxygen atoms in total. The number of para-hydroxylation sites is 2. The van der Waals surface area contributed by atoms with Gasteiger partial charge in [-0.2, -0.15) is 0 Å². The molecule has 0 bridgehead atoms. The van der Waals surface area contributed by atoms with Crippen molar-refractivity contribution >= 4 is 0 Å². The Bertz CT molecular complexity index is 2740. The minimum atomic E-state index is -0.585. The fraction of sp³-hybridized carbons (Fsp3) is 0.137. The Balaban J connectivity index is 1.16. The van der Waals surface area contributed by atoms with Gasteiger partial charge in [-0.15, -0.1) is 0 Å². The largest absolute Gasteiger partial charge is 0.456 e. The molecular weight excluding hydrogens is 685 g/mol. The lowest BCUT2D eigenvalue weighted by molar-refractivity contribution is 0.437. The molecule has 8 aromatic rings. The Hall–Kier alpha value is -6.72. The molecule has 0 radical (unpaired) electrons. The zero-order valence-corrected chi connectivity index (χ0v) is 31.9. The van der Waals surface area contributed by atoms with Crippen molar-refractivity contribution in [3.05, 3.63) is 191 Å². The maximum absolute atomic E-state index is 6.98. The highest BCUT2D eigenvalue weighted by Gasteiger charge is 2.51. The number of fused-ring (bicyclic) bond motifs is 9. The predicted octanol–water partition coefficient (Wildman–Crippen LogP) is 12.7. The van der Waals surface area contributed by atoms with Gasteiger partial charge in [0.2, 0.25) is 0 Å². The van der Waals surface area contributed by atoms with Gasteiger partial charge in [0.25, 0.3) is 0 Å². The highest BCUT2D eigenvalue weighted by Crippen LogP contribution is 2.63. The van der Waals surface area contributed by atoms with Crippen molar-refractivity contribution in [1.29, 1.82) is 0 Å². The first-order chi connectivity index (χ1) is 27.4. The van der Waals surface area contributed by atoms with Crippen LogP contribution in [0.2, 0.25) is 0 Å². The van der Waals surface area contributed by atoms with E-state index in [1.807, 2.05) is 36.4 Å². The Labute approximate surface area is 327 Å². The van der Waals surface area contributed by atoms with Crippen LogP contribution in [-0.4, -0.2) is 19.9 Å². The minimum Gasteiger partial charge on any atom is -0.456 e. The van der Waals surface area contributed by atoms with Crippen molar-refractivity contribution in [2.45, 2.75) is 44.9 Å². The monoisotopic (exact) mass is 724 g/mol. The molecule has 0 N–H and O–H groups in total. The van der Waals surface area contributed by atoms with Crippen molar-refractivity contribution in [2.24, 2.45) is 0 Å². The summed E-state index contributed by atoms with van der Waals surface area (Å²) in [6.45, 7) is 8.79. The number of pyridine rings is 1. The van der Waals surface area contributed by atoms with Gasteiger partial charge in [-0.1, -0.05) is 167 Å². The molecule has 2 aromatic heterocycles. The van der Waals surface area contributed by atoms with E-state index in [0.29, 0.717) is 29.3 Å². The van der Waals surface area contributed by atoms with Crippen LogP contribution < -0.4 is 4.74 Å². The lowest BCUT2D eigenvalue weighted by atomic mass is 9.66. The molecule has 1 aliphatic heterocycles. The molecule has 0 atom stereocenters. The molecule has 6 aromatic carbocycles. The van der Waals surface area contributed by atoms with E-state index >= 15 is 0 Å². The van der Waals surface area contributed by atoms with Gasteiger partial charge in [-0.3, -0.25) is 4.98 Å². The van der Waals surface area contributed by atoms with E-state index in [1.165, 1.54) is 22.3 Å². The topological polar surface area (TPSA) is 60.8 Å². The number of hydrogen-bond acceptors (Lipinski definition) is 5. The van der Waals surface area contributed by atoms with Crippen molar-refractivity contribution in [2.75, 3.05) is 0 Å². The van der Waals surface area contributed by atoms with Gasteiger partial charge in [0, 0.05) is 33.5 Å². The standard InChI is InChI=1S/C51H40N4O/c1-31(2)44-30-29-36(46(52-44)32(3)4)33-25-27-35(28-26-33)49-53-48(34-15-6-5-7-16-34)54-50(55-49)39-19-14-23-43-47(39)56-45-24-13-12-22-42(45)51(43)40-20-10-8-17-37(40)38-18-9-11-21-41(38)51/h5-32H,1-4H3. The average Bonchev–Trinajstić information content (AvgIpc) is 3.54. The number of hydrogen-bond donors (Lipinski definition) is 0. The Morgan fingerprint density at radius 2 is 0.929 bits per heavy atom. The van der Waals surface area contributed by atoms with Crippen LogP contribution in [0.25, 0.3) is 56.4 Å². The first kappa shape index (κ1) is 33.8. The number of benzene rings is 6. The second-order valence-electron chi connectivity index (χ2n) is 15.3. The number of ether oxygens (including phenoxy) is 1. The van der Waals surface area contributed by atoms with Gasteiger partial charge in [-0.25, -0.2) is 15.0 Å². The van der Waals surface area contributed by atoms with Crippen LogP contribution in [0.4, 0.5) is 0 Å². The van der Waals surface area contributed by atoms with Gasteiger partial charge >= 0.3 is 0 Å². The molecule has 1 spiro atoms. The van der Waals surface area contributed by atoms with Crippen molar-refractivity contribution in [3.8, 4) is 67.9 Å². The molecule has 0 amide bonds. The maximum atomic E-state index is 6.98. The molecule has 0 saturated heterocycles. The normalized spacial score (nSPS) is 13.2. The Morgan fingerprint density at radius 3 is 1.59 bits per heavy atom. The van der Waals surface area contributed by atoms with Gasteiger partial charge < -0.3 is 4.74 Å². The lowest BCUT2D eigenvalue weighted by Crippen LogP contribution is -2.32. The van der Waals surface area contributed by atoms with Crippen LogP contribution in [0.1, 0.15) is 73.2 Å². The SMILES string of the molecule is CC(C)c1ccc(-c2ccc(-c3nc(-c4ccccc4)nc(-c4cccc5c4Oc4ccccc4C54c5ccccc5-c5ccccc54)n3)cc2)c(C(C)C)n1. The zero-order chi connectivity index (χ0) is 38.0. The molecule has 2 aliphatic rings. The Kier molecular flexibility index (Phi) is 8.00. The highest BCUT2D eigenvalue weighted by molar-refractivity contribution is 5.90. The van der Waals surface area contributed by atoms with Gasteiger partial charge in [0.1, 0.15) is 11.5 Å². The van der Waals surface area contributed by atoms with E-state index in [0.717, 1.165) is 61.8 Å². The highest BCUT2D eigenvalue weighted by atomic mass is 16.5. The van der Waals surface area contributed by atoms with E-state index in [4.69, 9.17) is 24.7 Å². The summed E-state index contributed by atoms with van der Waals surface area (Å²) in [6, 6.07) is 55.4. The third kappa shape index (κ3) is 5.22. The smallest absolute Gasteiger partial charge is 0.167 e. The zero-order valence-electron chi connectivity index (χ0n) is 31.9. The summed E-state index contributed by atoms with van der Waals surface area (Å²) in [5, 5.41) is 0. The summed E-state index contributed by atoms with van der Waals surface area (Å²) in [7, 11) is 0. The van der Waals surface area contributed by atoms with Crippen LogP contribution >= 0.6 is 0 Å². The maximum Gasteiger partial charge on any atom is 0.167 e. The third-order valence-corrected chi connectivity index (χ3v) is 11.3. The van der Waals surface area contributed by atoms with Crippen molar-refractivity contribution in [3.63, 3.8) is 0 Å². The quantitative estimate of drug-likeness (QED) is 0.171. The van der Waals surface area contributed by atoms with Crippen LogP contribution in [0.3, 0.4) is 0 Å². The molecule has 10 rings (SSSR count). The van der Waals surface area contributed by atoms with Crippen LogP contribution in [-0.2, 0) is 5.41 Å². The minimum absolute atomic E-state index is 0.291. The predicted molar refractivity (Wildman–Crippen MR) is 225 cm³/mol. The van der Waals surface area contributed by atoms with E-state index in [1.54, 1.807) is 0 Å².